The first-order valence-electron chi connectivity index (χ1n) is 11.4. The number of nitrogens with one attached hydrogen (secondary N) is 2. The van der Waals surface area contributed by atoms with Crippen LogP contribution in [0.4, 0.5) is 11.5 Å². The van der Waals surface area contributed by atoms with Crippen LogP contribution in [-0.4, -0.2) is 28.6 Å². The van der Waals surface area contributed by atoms with Gasteiger partial charge in [-0.15, -0.1) is 0 Å². The highest BCUT2D eigenvalue weighted by Crippen LogP contribution is 2.46. The SMILES string of the molecule is COc1ccc([C@@H]2C3=C(CC(C)(C)CC3=O)Nc3c(C(=O)Nc4ccccc4C)cnn32)cc1. The van der Waals surface area contributed by atoms with Crippen molar-refractivity contribution in [3.63, 3.8) is 0 Å². The monoisotopic (exact) mass is 456 g/mol. The van der Waals surface area contributed by atoms with Crippen molar-refractivity contribution in [3.8, 4) is 5.75 Å². The Balaban J connectivity index is 1.60. The van der Waals surface area contributed by atoms with E-state index in [2.05, 4.69) is 29.6 Å². The topological polar surface area (TPSA) is 85.2 Å². The number of hydrogen-bond acceptors (Lipinski definition) is 5. The lowest BCUT2D eigenvalue weighted by molar-refractivity contribution is -0.118. The number of aromatic nitrogens is 2. The largest absolute Gasteiger partial charge is 0.497 e. The van der Waals surface area contributed by atoms with Gasteiger partial charge in [-0.25, -0.2) is 4.68 Å². The molecule has 1 aromatic heterocycles. The van der Waals surface area contributed by atoms with Crippen LogP contribution in [0.5, 0.6) is 5.75 Å². The smallest absolute Gasteiger partial charge is 0.261 e. The second-order valence-corrected chi connectivity index (χ2v) is 9.75. The molecule has 7 nitrogen and oxygen atoms in total. The number of ether oxygens (including phenoxy) is 1. The molecule has 0 saturated carbocycles. The molecule has 2 heterocycles. The Morgan fingerprint density at radius 2 is 1.88 bits per heavy atom. The summed E-state index contributed by atoms with van der Waals surface area (Å²) in [4.78, 5) is 26.6. The minimum absolute atomic E-state index is 0.103. The first kappa shape index (κ1) is 21.9. The first-order valence-corrected chi connectivity index (χ1v) is 11.4. The van der Waals surface area contributed by atoms with Gasteiger partial charge in [0, 0.05) is 23.4 Å². The van der Waals surface area contributed by atoms with E-state index >= 15 is 0 Å². The number of methoxy groups -OCH3 is 1. The molecule has 2 aliphatic rings. The van der Waals surface area contributed by atoms with Crippen LogP contribution in [0.25, 0.3) is 0 Å². The quantitative estimate of drug-likeness (QED) is 0.570. The second-order valence-electron chi connectivity index (χ2n) is 9.75. The van der Waals surface area contributed by atoms with E-state index < -0.39 is 6.04 Å². The Kier molecular flexibility index (Phi) is 5.27. The number of Topliss-reactive ketones (excluding diaryl/α,β-unsaturated/α-hetero) is 1. The van der Waals surface area contributed by atoms with Gasteiger partial charge >= 0.3 is 0 Å². The van der Waals surface area contributed by atoms with Crippen LogP contribution in [0.15, 0.2) is 66.0 Å². The highest BCUT2D eigenvalue weighted by Gasteiger charge is 2.42. The predicted molar refractivity (Wildman–Crippen MR) is 131 cm³/mol. The van der Waals surface area contributed by atoms with Crippen molar-refractivity contribution >= 4 is 23.2 Å². The van der Waals surface area contributed by atoms with Gasteiger partial charge in [-0.05, 0) is 48.1 Å². The van der Waals surface area contributed by atoms with E-state index in [0.717, 1.165) is 28.3 Å². The van der Waals surface area contributed by atoms with Gasteiger partial charge in [0.1, 0.15) is 23.2 Å². The molecule has 2 aromatic carbocycles. The molecular formula is C27H28N4O3. The molecule has 1 atom stereocenters. The molecule has 0 bridgehead atoms. The molecule has 1 aliphatic carbocycles. The number of ketones is 1. The summed E-state index contributed by atoms with van der Waals surface area (Å²) < 4.78 is 7.07. The van der Waals surface area contributed by atoms with Crippen LogP contribution in [0.1, 0.15) is 54.2 Å². The van der Waals surface area contributed by atoms with Crippen LogP contribution >= 0.6 is 0 Å². The van der Waals surface area contributed by atoms with Gasteiger partial charge in [0.05, 0.1) is 13.3 Å². The third-order valence-corrected chi connectivity index (χ3v) is 6.57. The number of amides is 1. The minimum Gasteiger partial charge on any atom is -0.497 e. The van der Waals surface area contributed by atoms with E-state index in [1.165, 1.54) is 0 Å². The van der Waals surface area contributed by atoms with Crippen LogP contribution in [-0.2, 0) is 4.79 Å². The highest BCUT2D eigenvalue weighted by molar-refractivity contribution is 6.08. The Morgan fingerprint density at radius 3 is 2.59 bits per heavy atom. The average Bonchev–Trinajstić information content (AvgIpc) is 3.22. The molecule has 2 N–H and O–H groups in total. The van der Waals surface area contributed by atoms with Crippen molar-refractivity contribution in [1.82, 2.24) is 9.78 Å². The summed E-state index contributed by atoms with van der Waals surface area (Å²) in [5.74, 6) is 1.19. The zero-order valence-corrected chi connectivity index (χ0v) is 19.8. The minimum atomic E-state index is -0.416. The molecule has 0 radical (unpaired) electrons. The van der Waals surface area contributed by atoms with Gasteiger partial charge in [0.15, 0.2) is 5.78 Å². The molecule has 1 amide bonds. The standard InChI is InChI=1S/C27H28N4O3/c1-16-7-5-6-8-20(16)30-26(33)19-15-28-31-24(17-9-11-18(34-4)12-10-17)23-21(29-25(19)31)13-27(2,3)14-22(23)32/h5-12,15,24,29H,13-14H2,1-4H3,(H,30,33)/t24-/m1/s1. The summed E-state index contributed by atoms with van der Waals surface area (Å²) in [5.41, 5.74) is 4.49. The van der Waals surface area contributed by atoms with Crippen molar-refractivity contribution in [2.45, 2.75) is 39.7 Å². The van der Waals surface area contributed by atoms with Gasteiger partial charge in [-0.3, -0.25) is 9.59 Å². The average molecular weight is 457 g/mol. The summed E-state index contributed by atoms with van der Waals surface area (Å²) in [5, 5.41) is 11.0. The summed E-state index contributed by atoms with van der Waals surface area (Å²) in [6.45, 7) is 6.14. The van der Waals surface area contributed by atoms with Gasteiger partial charge in [0.25, 0.3) is 5.91 Å². The third kappa shape index (κ3) is 3.77. The number of carbonyl (C=O) groups excluding carboxylic acids is 2. The summed E-state index contributed by atoms with van der Waals surface area (Å²) >= 11 is 0. The number of rotatable bonds is 4. The fourth-order valence-corrected chi connectivity index (χ4v) is 4.87. The Labute approximate surface area is 198 Å². The molecule has 0 unspecified atom stereocenters. The zero-order chi connectivity index (χ0) is 24.0. The van der Waals surface area contributed by atoms with Crippen molar-refractivity contribution in [3.05, 3.63) is 82.7 Å². The summed E-state index contributed by atoms with van der Waals surface area (Å²) in [6, 6.07) is 14.9. The molecule has 0 saturated heterocycles. The van der Waals surface area contributed by atoms with Crippen LogP contribution in [0, 0.1) is 12.3 Å². The van der Waals surface area contributed by atoms with Gasteiger partial charge in [-0.2, -0.15) is 5.10 Å². The van der Waals surface area contributed by atoms with Crippen molar-refractivity contribution in [2.75, 3.05) is 17.7 Å². The lowest BCUT2D eigenvalue weighted by atomic mass is 9.73. The van der Waals surface area contributed by atoms with E-state index in [9.17, 15) is 9.59 Å². The molecule has 34 heavy (non-hydrogen) atoms. The Hall–Kier alpha value is -3.87. The van der Waals surface area contributed by atoms with E-state index in [1.807, 2.05) is 55.5 Å². The molecule has 5 rings (SSSR count). The maximum Gasteiger partial charge on any atom is 0.261 e. The van der Waals surface area contributed by atoms with E-state index in [-0.39, 0.29) is 17.1 Å². The van der Waals surface area contributed by atoms with Crippen LogP contribution in [0.2, 0.25) is 0 Å². The maximum atomic E-state index is 13.3. The number of anilines is 2. The number of benzene rings is 2. The molecule has 3 aromatic rings. The lowest BCUT2D eigenvalue weighted by Gasteiger charge is -2.39. The van der Waals surface area contributed by atoms with Crippen molar-refractivity contribution in [1.29, 1.82) is 0 Å². The van der Waals surface area contributed by atoms with Crippen LogP contribution < -0.4 is 15.4 Å². The maximum absolute atomic E-state index is 13.3. The van der Waals surface area contributed by atoms with Crippen molar-refractivity contribution in [2.24, 2.45) is 5.41 Å². The molecule has 1 aliphatic heterocycles. The first-order chi connectivity index (χ1) is 16.3. The normalized spacial score (nSPS) is 18.6. The fraction of sp³-hybridized carbons (Fsp3) is 0.296. The second kappa shape index (κ2) is 8.17. The number of aryl methyl sites for hydroxylation is 1. The number of carbonyl (C=O) groups is 2. The molecule has 7 heteroatoms. The fourth-order valence-electron chi connectivity index (χ4n) is 4.87. The van der Waals surface area contributed by atoms with Gasteiger partial charge < -0.3 is 15.4 Å². The molecule has 0 fully saturated rings. The third-order valence-electron chi connectivity index (χ3n) is 6.57. The number of fused-ring (bicyclic) bond motifs is 1. The van der Waals surface area contributed by atoms with Crippen molar-refractivity contribution < 1.29 is 14.3 Å². The number of nitrogens with zero attached hydrogens (tertiary/aromatic N) is 2. The molecule has 174 valence electrons. The predicted octanol–water partition coefficient (Wildman–Crippen LogP) is 5.11. The lowest BCUT2D eigenvalue weighted by Crippen LogP contribution is -2.37. The molecule has 0 spiro atoms. The van der Waals surface area contributed by atoms with Gasteiger partial charge in [0.2, 0.25) is 0 Å². The highest BCUT2D eigenvalue weighted by atomic mass is 16.5. The van der Waals surface area contributed by atoms with E-state index in [1.54, 1.807) is 18.0 Å². The summed E-state index contributed by atoms with van der Waals surface area (Å²) in [6.07, 6.45) is 2.75. The van der Waals surface area contributed by atoms with Crippen LogP contribution in [0.3, 0.4) is 0 Å². The number of allylic oxidation sites excluding steroid dienone is 2. The Bertz CT molecular complexity index is 1320. The van der Waals surface area contributed by atoms with E-state index in [0.29, 0.717) is 29.8 Å². The van der Waals surface area contributed by atoms with Gasteiger partial charge in [-0.1, -0.05) is 44.2 Å². The Morgan fingerprint density at radius 1 is 1.15 bits per heavy atom. The number of hydrogen-bond donors (Lipinski definition) is 2. The zero-order valence-electron chi connectivity index (χ0n) is 19.8. The molecular weight excluding hydrogens is 428 g/mol. The number of para-hydroxylation sites is 1. The van der Waals surface area contributed by atoms with E-state index in [4.69, 9.17) is 4.74 Å². The summed E-state index contributed by atoms with van der Waals surface area (Å²) in [7, 11) is 1.62.